The molecule has 0 aliphatic carbocycles. The minimum Gasteiger partial charge on any atom is -0.326 e. The maximum Gasteiger partial charge on any atom is 0.322 e. The largest absolute Gasteiger partial charge is 0.326 e. The van der Waals surface area contributed by atoms with E-state index in [-0.39, 0.29) is 12.8 Å². The van der Waals surface area contributed by atoms with Gasteiger partial charge in [-0.05, 0) is 38.5 Å². The molecule has 1 aromatic heterocycles. The Bertz CT molecular complexity index is 935. The fraction of sp³-hybridized carbons (Fsp3) is 0.263. The minimum atomic E-state index is -0.737. The molecule has 1 aliphatic heterocycles. The molecule has 0 saturated carbocycles. The lowest BCUT2D eigenvalue weighted by Crippen LogP contribution is -2.42. The van der Waals surface area contributed by atoms with Crippen LogP contribution in [0.15, 0.2) is 36.4 Å². The van der Waals surface area contributed by atoms with Crippen LogP contribution in [-0.2, 0) is 9.59 Å². The number of nitrogens with zero attached hydrogens (tertiary/aromatic N) is 1. The number of amides is 5. The molecule has 4 N–H and O–H groups in total. The van der Waals surface area contributed by atoms with Crippen LogP contribution in [-0.4, -0.2) is 34.4 Å². The van der Waals surface area contributed by atoms with Crippen LogP contribution in [0, 0.1) is 13.8 Å². The molecule has 1 atom stereocenters. The lowest BCUT2D eigenvalue weighted by atomic mass is 10.1. The van der Waals surface area contributed by atoms with Crippen LogP contribution in [0.5, 0.6) is 0 Å². The van der Waals surface area contributed by atoms with E-state index in [2.05, 4.69) is 21.5 Å². The first-order valence-electron chi connectivity index (χ1n) is 8.81. The van der Waals surface area contributed by atoms with Crippen LogP contribution >= 0.6 is 0 Å². The van der Waals surface area contributed by atoms with E-state index in [1.165, 1.54) is 0 Å². The smallest absolute Gasteiger partial charge is 0.322 e. The summed E-state index contributed by atoms with van der Waals surface area (Å²) in [5, 5.41) is 4.51. The van der Waals surface area contributed by atoms with Crippen LogP contribution in [0.3, 0.4) is 0 Å². The molecule has 3 rings (SSSR count). The summed E-state index contributed by atoms with van der Waals surface area (Å²) in [6, 6.07) is 10.1. The third-order valence-electron chi connectivity index (χ3n) is 4.52. The van der Waals surface area contributed by atoms with E-state index in [4.69, 9.17) is 0 Å². The fourth-order valence-electron chi connectivity index (χ4n) is 3.16. The highest BCUT2D eigenvalue weighted by Gasteiger charge is 2.29. The van der Waals surface area contributed by atoms with Crippen molar-refractivity contribution in [3.63, 3.8) is 0 Å². The van der Waals surface area contributed by atoms with Crippen molar-refractivity contribution in [1.82, 2.24) is 26.1 Å². The first-order chi connectivity index (χ1) is 13.4. The van der Waals surface area contributed by atoms with Crippen molar-refractivity contribution >= 4 is 23.8 Å². The summed E-state index contributed by atoms with van der Waals surface area (Å²) in [6.07, 6.45) is 0.115. The van der Waals surface area contributed by atoms with Crippen LogP contribution in [0.2, 0.25) is 0 Å². The number of hydrazine groups is 1. The standard InChI is InChI=1S/C19H21N5O4/c1-11-10-14(12(2)24(11)13-6-4-3-5-7-13)17(26)23-22-16(25)9-8-15-18(27)21-19(28)20-15/h3-7,10,15H,8-9H2,1-2H3,(H,22,25)(H,23,26)(H2,20,21,27,28)/t15-/m1/s1. The number of aryl methyl sites for hydroxylation is 1. The molecule has 1 aliphatic rings. The maximum atomic E-state index is 12.5. The topological polar surface area (TPSA) is 121 Å². The number of imide groups is 1. The lowest BCUT2D eigenvalue weighted by molar-refractivity contribution is -0.122. The summed E-state index contributed by atoms with van der Waals surface area (Å²) in [6.45, 7) is 3.73. The Morgan fingerprint density at radius 3 is 2.46 bits per heavy atom. The number of carbonyl (C=O) groups excluding carboxylic acids is 4. The predicted octanol–water partition coefficient (Wildman–Crippen LogP) is 0.843. The molecule has 1 saturated heterocycles. The van der Waals surface area contributed by atoms with Crippen molar-refractivity contribution in [1.29, 1.82) is 0 Å². The number of nitrogens with one attached hydrogen (secondary N) is 4. The molecule has 1 aromatic carbocycles. The molecule has 2 aromatic rings. The Morgan fingerprint density at radius 1 is 1.11 bits per heavy atom. The fourth-order valence-corrected chi connectivity index (χ4v) is 3.16. The van der Waals surface area contributed by atoms with Gasteiger partial charge in [0, 0.05) is 23.5 Å². The summed E-state index contributed by atoms with van der Waals surface area (Å²) in [7, 11) is 0. The SMILES string of the molecule is Cc1cc(C(=O)NNC(=O)CC[C@H]2NC(=O)NC2=O)c(C)n1-c1ccccc1. The van der Waals surface area contributed by atoms with E-state index in [1.54, 1.807) is 6.07 Å². The number of rotatable bonds is 5. The molecule has 5 amide bonds. The van der Waals surface area contributed by atoms with Gasteiger partial charge in [-0.15, -0.1) is 0 Å². The van der Waals surface area contributed by atoms with E-state index in [1.807, 2.05) is 48.7 Å². The minimum absolute atomic E-state index is 0.0261. The van der Waals surface area contributed by atoms with Gasteiger partial charge in [-0.1, -0.05) is 18.2 Å². The molecule has 9 heteroatoms. The molecule has 9 nitrogen and oxygen atoms in total. The molecule has 0 unspecified atom stereocenters. The average Bonchev–Trinajstić information content (AvgIpc) is 3.16. The van der Waals surface area contributed by atoms with Gasteiger partial charge in [-0.3, -0.25) is 30.6 Å². The van der Waals surface area contributed by atoms with Crippen LogP contribution in [0.25, 0.3) is 5.69 Å². The summed E-state index contributed by atoms with van der Waals surface area (Å²) >= 11 is 0. The first kappa shape index (κ1) is 19.2. The Balaban J connectivity index is 1.57. The normalized spacial score (nSPS) is 15.7. The average molecular weight is 383 g/mol. The number of carbonyl (C=O) groups is 4. The summed E-state index contributed by atoms with van der Waals surface area (Å²) in [5.74, 6) is -1.36. The number of hydrogen-bond donors (Lipinski definition) is 4. The number of hydrogen-bond acceptors (Lipinski definition) is 4. The number of aromatic nitrogens is 1. The van der Waals surface area contributed by atoms with Crippen molar-refractivity contribution in [2.24, 2.45) is 0 Å². The van der Waals surface area contributed by atoms with Crippen LogP contribution in [0.4, 0.5) is 4.79 Å². The van der Waals surface area contributed by atoms with Gasteiger partial charge in [0.05, 0.1) is 5.56 Å². The first-order valence-corrected chi connectivity index (χ1v) is 8.81. The van der Waals surface area contributed by atoms with Crippen molar-refractivity contribution in [3.8, 4) is 5.69 Å². The van der Waals surface area contributed by atoms with Crippen LogP contribution < -0.4 is 21.5 Å². The molecular weight excluding hydrogens is 362 g/mol. The van der Waals surface area contributed by atoms with Gasteiger partial charge in [0.15, 0.2) is 0 Å². The Kier molecular flexibility index (Phi) is 5.44. The van der Waals surface area contributed by atoms with Gasteiger partial charge in [0.25, 0.3) is 11.8 Å². The molecular formula is C19H21N5O4. The Labute approximate surface area is 161 Å². The number of para-hydroxylation sites is 1. The number of benzene rings is 1. The molecule has 146 valence electrons. The zero-order valence-electron chi connectivity index (χ0n) is 15.5. The maximum absolute atomic E-state index is 12.5. The van der Waals surface area contributed by atoms with Gasteiger partial charge < -0.3 is 9.88 Å². The molecule has 0 bridgehead atoms. The van der Waals surface area contributed by atoms with Gasteiger partial charge in [0.1, 0.15) is 6.04 Å². The highest BCUT2D eigenvalue weighted by Crippen LogP contribution is 2.20. The van der Waals surface area contributed by atoms with E-state index in [9.17, 15) is 19.2 Å². The molecule has 1 fully saturated rings. The van der Waals surface area contributed by atoms with Crippen molar-refractivity contribution in [2.75, 3.05) is 0 Å². The van der Waals surface area contributed by atoms with E-state index < -0.39 is 29.8 Å². The van der Waals surface area contributed by atoms with E-state index in [0.717, 1.165) is 17.1 Å². The second-order valence-electron chi connectivity index (χ2n) is 6.51. The highest BCUT2D eigenvalue weighted by molar-refractivity contribution is 6.04. The third kappa shape index (κ3) is 4.03. The van der Waals surface area contributed by atoms with Gasteiger partial charge >= 0.3 is 6.03 Å². The zero-order valence-corrected chi connectivity index (χ0v) is 15.5. The van der Waals surface area contributed by atoms with Crippen molar-refractivity contribution in [3.05, 3.63) is 53.3 Å². The Hall–Kier alpha value is -3.62. The molecule has 0 spiro atoms. The second kappa shape index (κ2) is 7.95. The Morgan fingerprint density at radius 2 is 1.82 bits per heavy atom. The van der Waals surface area contributed by atoms with Crippen LogP contribution in [0.1, 0.15) is 34.6 Å². The predicted molar refractivity (Wildman–Crippen MR) is 101 cm³/mol. The van der Waals surface area contributed by atoms with E-state index >= 15 is 0 Å². The van der Waals surface area contributed by atoms with Crippen molar-refractivity contribution < 1.29 is 19.2 Å². The molecule has 2 heterocycles. The summed E-state index contributed by atoms with van der Waals surface area (Å²) in [4.78, 5) is 46.9. The highest BCUT2D eigenvalue weighted by atomic mass is 16.2. The molecule has 0 radical (unpaired) electrons. The molecule has 28 heavy (non-hydrogen) atoms. The summed E-state index contributed by atoms with van der Waals surface area (Å²) < 4.78 is 1.96. The second-order valence-corrected chi connectivity index (χ2v) is 6.51. The number of urea groups is 1. The van der Waals surface area contributed by atoms with Gasteiger partial charge in [-0.25, -0.2) is 4.79 Å². The van der Waals surface area contributed by atoms with Gasteiger partial charge in [0.2, 0.25) is 5.91 Å². The van der Waals surface area contributed by atoms with Gasteiger partial charge in [-0.2, -0.15) is 0 Å². The lowest BCUT2D eigenvalue weighted by Gasteiger charge is -2.11. The summed E-state index contributed by atoms with van der Waals surface area (Å²) in [5.41, 5.74) is 7.75. The quantitative estimate of drug-likeness (QED) is 0.452. The monoisotopic (exact) mass is 383 g/mol. The van der Waals surface area contributed by atoms with E-state index in [0.29, 0.717) is 5.56 Å². The third-order valence-corrected chi connectivity index (χ3v) is 4.52. The zero-order chi connectivity index (χ0) is 20.3. The van der Waals surface area contributed by atoms with Crippen molar-refractivity contribution in [2.45, 2.75) is 32.7 Å².